The van der Waals surface area contributed by atoms with E-state index in [1.807, 2.05) is 6.07 Å². The van der Waals surface area contributed by atoms with Crippen molar-refractivity contribution >= 4 is 11.7 Å². The van der Waals surface area contributed by atoms with E-state index in [1.165, 1.54) is 0 Å². The third-order valence-corrected chi connectivity index (χ3v) is 3.58. The molecular formula is C14H15F3N4O. The van der Waals surface area contributed by atoms with Crippen molar-refractivity contribution in [2.75, 3.05) is 25.0 Å². The lowest BCUT2D eigenvalue weighted by molar-refractivity contribution is -0.186. The van der Waals surface area contributed by atoms with Crippen LogP contribution in [0.3, 0.4) is 0 Å². The van der Waals surface area contributed by atoms with E-state index < -0.39 is 12.1 Å². The number of nitrogens with zero attached hydrogens (tertiary/aromatic N) is 3. The fourth-order valence-electron chi connectivity index (χ4n) is 2.36. The van der Waals surface area contributed by atoms with Crippen LogP contribution in [-0.4, -0.2) is 41.6 Å². The van der Waals surface area contributed by atoms with Gasteiger partial charge in [0.1, 0.15) is 17.6 Å². The van der Waals surface area contributed by atoms with E-state index >= 15 is 0 Å². The minimum Gasteiger partial charge on any atom is -0.370 e. The van der Waals surface area contributed by atoms with Crippen molar-refractivity contribution < 1.29 is 18.0 Å². The van der Waals surface area contributed by atoms with E-state index in [2.05, 4.69) is 10.3 Å². The summed E-state index contributed by atoms with van der Waals surface area (Å²) in [6, 6.07) is 6.96. The Morgan fingerprint density at radius 2 is 2.09 bits per heavy atom. The summed E-state index contributed by atoms with van der Waals surface area (Å²) < 4.78 is 37.0. The summed E-state index contributed by atoms with van der Waals surface area (Å²) in [7, 11) is 0. The Labute approximate surface area is 125 Å². The second-order valence-electron chi connectivity index (χ2n) is 5.13. The summed E-state index contributed by atoms with van der Waals surface area (Å²) in [5, 5.41) is 11.8. The highest BCUT2D eigenvalue weighted by atomic mass is 19.4. The van der Waals surface area contributed by atoms with Crippen LogP contribution in [0.5, 0.6) is 0 Å². The largest absolute Gasteiger partial charge is 0.471 e. The monoisotopic (exact) mass is 312 g/mol. The molecule has 0 atom stereocenters. The quantitative estimate of drug-likeness (QED) is 0.928. The summed E-state index contributed by atoms with van der Waals surface area (Å²) in [5.41, 5.74) is 0.301. The van der Waals surface area contributed by atoms with Gasteiger partial charge in [0, 0.05) is 19.6 Å². The van der Waals surface area contributed by atoms with E-state index in [9.17, 15) is 18.0 Å². The predicted octanol–water partition coefficient (Wildman–Crippen LogP) is 2.17. The third-order valence-electron chi connectivity index (χ3n) is 3.58. The lowest BCUT2D eigenvalue weighted by atomic mass is 9.96. The van der Waals surface area contributed by atoms with Crippen molar-refractivity contribution in [3.8, 4) is 6.07 Å². The highest BCUT2D eigenvalue weighted by Crippen LogP contribution is 2.24. The van der Waals surface area contributed by atoms with Gasteiger partial charge in [-0.2, -0.15) is 18.4 Å². The van der Waals surface area contributed by atoms with Gasteiger partial charge in [-0.1, -0.05) is 6.07 Å². The zero-order valence-corrected chi connectivity index (χ0v) is 11.7. The van der Waals surface area contributed by atoms with E-state index in [4.69, 9.17) is 5.26 Å². The molecular weight excluding hydrogens is 297 g/mol. The Morgan fingerprint density at radius 3 is 2.68 bits per heavy atom. The molecule has 0 aromatic carbocycles. The number of nitriles is 1. The molecule has 5 nitrogen and oxygen atoms in total. The number of likely N-dealkylation sites (tertiary alicyclic amines) is 1. The van der Waals surface area contributed by atoms with Gasteiger partial charge in [-0.15, -0.1) is 0 Å². The Kier molecular flexibility index (Phi) is 4.85. The van der Waals surface area contributed by atoms with Gasteiger partial charge in [-0.3, -0.25) is 4.79 Å². The molecule has 0 aliphatic carbocycles. The molecule has 22 heavy (non-hydrogen) atoms. The van der Waals surface area contributed by atoms with Gasteiger partial charge >= 0.3 is 12.1 Å². The number of carbonyl (C=O) groups is 1. The first-order valence-corrected chi connectivity index (χ1v) is 6.87. The van der Waals surface area contributed by atoms with Gasteiger partial charge in [0.15, 0.2) is 0 Å². The Morgan fingerprint density at radius 1 is 1.41 bits per heavy atom. The van der Waals surface area contributed by atoms with E-state index in [-0.39, 0.29) is 19.0 Å². The first-order chi connectivity index (χ1) is 10.4. The van der Waals surface area contributed by atoms with Crippen LogP contribution in [-0.2, 0) is 4.79 Å². The molecule has 1 aliphatic rings. The van der Waals surface area contributed by atoms with Crippen molar-refractivity contribution in [2.45, 2.75) is 19.0 Å². The molecule has 8 heteroatoms. The van der Waals surface area contributed by atoms with Crippen LogP contribution in [0.25, 0.3) is 0 Å². The molecule has 2 heterocycles. The molecule has 1 aromatic heterocycles. The normalized spacial score (nSPS) is 16.2. The van der Waals surface area contributed by atoms with Crippen molar-refractivity contribution in [2.24, 2.45) is 5.92 Å². The molecule has 1 aromatic rings. The number of pyridine rings is 1. The number of alkyl halides is 3. The fraction of sp³-hybridized carbons (Fsp3) is 0.500. The Bertz CT molecular complexity index is 574. The molecule has 2 rings (SSSR count). The van der Waals surface area contributed by atoms with Crippen LogP contribution in [0, 0.1) is 17.2 Å². The van der Waals surface area contributed by atoms with Crippen LogP contribution in [0.15, 0.2) is 18.2 Å². The van der Waals surface area contributed by atoms with Gasteiger partial charge < -0.3 is 10.2 Å². The lowest BCUT2D eigenvalue weighted by Crippen LogP contribution is -2.46. The number of amides is 1. The number of aromatic nitrogens is 1. The average molecular weight is 312 g/mol. The zero-order valence-electron chi connectivity index (χ0n) is 11.7. The van der Waals surface area contributed by atoms with Crippen LogP contribution < -0.4 is 5.32 Å². The maximum atomic E-state index is 12.3. The molecule has 1 fully saturated rings. The van der Waals surface area contributed by atoms with Crippen LogP contribution >= 0.6 is 0 Å². The Hall–Kier alpha value is -2.30. The number of carbonyl (C=O) groups excluding carboxylic acids is 1. The molecule has 0 radical (unpaired) electrons. The predicted molar refractivity (Wildman–Crippen MR) is 72.8 cm³/mol. The van der Waals surface area contributed by atoms with E-state index in [0.717, 1.165) is 4.90 Å². The van der Waals surface area contributed by atoms with Gasteiger partial charge in [0.2, 0.25) is 0 Å². The van der Waals surface area contributed by atoms with E-state index in [1.54, 1.807) is 18.2 Å². The van der Waals surface area contributed by atoms with Gasteiger partial charge in [-0.25, -0.2) is 4.98 Å². The fourth-order valence-corrected chi connectivity index (χ4v) is 2.36. The van der Waals surface area contributed by atoms with Crippen LogP contribution in [0.2, 0.25) is 0 Å². The molecule has 0 saturated carbocycles. The van der Waals surface area contributed by atoms with Gasteiger partial charge in [0.25, 0.3) is 0 Å². The molecule has 0 bridgehead atoms. The second kappa shape index (κ2) is 6.64. The minimum absolute atomic E-state index is 0.107. The lowest BCUT2D eigenvalue weighted by Gasteiger charge is -2.32. The summed E-state index contributed by atoms with van der Waals surface area (Å²) >= 11 is 0. The van der Waals surface area contributed by atoms with Crippen molar-refractivity contribution in [3.05, 3.63) is 23.9 Å². The number of halogens is 3. The first-order valence-electron chi connectivity index (χ1n) is 6.87. The van der Waals surface area contributed by atoms with E-state index in [0.29, 0.717) is 30.9 Å². The summed E-state index contributed by atoms with van der Waals surface area (Å²) in [6.45, 7) is 0.767. The highest BCUT2D eigenvalue weighted by Gasteiger charge is 2.43. The topological polar surface area (TPSA) is 69.0 Å². The van der Waals surface area contributed by atoms with Crippen LogP contribution in [0.1, 0.15) is 18.5 Å². The molecule has 0 unspecified atom stereocenters. The summed E-state index contributed by atoms with van der Waals surface area (Å²) in [5.74, 6) is -1.03. The third kappa shape index (κ3) is 4.10. The molecule has 1 aliphatic heterocycles. The minimum atomic E-state index is -4.80. The number of rotatable bonds is 3. The van der Waals surface area contributed by atoms with Crippen molar-refractivity contribution in [1.82, 2.24) is 9.88 Å². The number of nitrogens with one attached hydrogen (secondary N) is 1. The summed E-state index contributed by atoms with van der Waals surface area (Å²) in [4.78, 5) is 16.0. The Balaban J connectivity index is 1.80. The standard InChI is InChI=1S/C14H15F3N4O/c15-14(16,17)13(22)21-6-4-10(5-7-21)9-19-12-3-1-2-11(8-18)20-12/h1-3,10H,4-7,9H2,(H,19,20). The smallest absolute Gasteiger partial charge is 0.370 e. The van der Waals surface area contributed by atoms with Gasteiger partial charge in [-0.05, 0) is 30.9 Å². The average Bonchev–Trinajstić information content (AvgIpc) is 2.52. The number of piperidine rings is 1. The van der Waals surface area contributed by atoms with Crippen molar-refractivity contribution in [3.63, 3.8) is 0 Å². The first kappa shape index (κ1) is 16.1. The summed E-state index contributed by atoms with van der Waals surface area (Å²) in [6.07, 6.45) is -3.79. The van der Waals surface area contributed by atoms with Crippen molar-refractivity contribution in [1.29, 1.82) is 5.26 Å². The SMILES string of the molecule is N#Cc1cccc(NCC2CCN(C(=O)C(F)(F)F)CC2)n1. The maximum Gasteiger partial charge on any atom is 0.471 e. The number of anilines is 1. The molecule has 1 amide bonds. The zero-order chi connectivity index (χ0) is 16.2. The number of hydrogen-bond acceptors (Lipinski definition) is 4. The second-order valence-corrected chi connectivity index (χ2v) is 5.13. The molecule has 1 N–H and O–H groups in total. The van der Waals surface area contributed by atoms with Crippen LogP contribution in [0.4, 0.5) is 19.0 Å². The molecule has 118 valence electrons. The maximum absolute atomic E-state index is 12.3. The molecule has 0 spiro atoms. The van der Waals surface area contributed by atoms with Gasteiger partial charge in [0.05, 0.1) is 0 Å². The molecule has 1 saturated heterocycles. The highest BCUT2D eigenvalue weighted by molar-refractivity contribution is 5.81. The number of hydrogen-bond donors (Lipinski definition) is 1.